The number of tetrazole rings is 1. The zero-order valence-corrected chi connectivity index (χ0v) is 15.5. The first kappa shape index (κ1) is 17.4. The number of thioether (sulfide) groups is 1. The highest BCUT2D eigenvalue weighted by Crippen LogP contribution is 2.19. The van der Waals surface area contributed by atoms with Crippen LogP contribution in [0.25, 0.3) is 5.69 Å². The largest absolute Gasteiger partial charge is 0.349 e. The fraction of sp³-hybridized carbons (Fsp3) is 0.333. The van der Waals surface area contributed by atoms with Crippen molar-refractivity contribution in [2.75, 3.05) is 5.75 Å². The van der Waals surface area contributed by atoms with Gasteiger partial charge >= 0.3 is 0 Å². The van der Waals surface area contributed by atoms with Crippen molar-refractivity contribution in [3.63, 3.8) is 0 Å². The van der Waals surface area contributed by atoms with Crippen LogP contribution in [-0.4, -0.2) is 36.3 Å². The molecule has 0 saturated heterocycles. The van der Waals surface area contributed by atoms with E-state index >= 15 is 0 Å². The van der Waals surface area contributed by atoms with Crippen molar-refractivity contribution in [2.45, 2.75) is 33.1 Å². The highest BCUT2D eigenvalue weighted by Gasteiger charge is 2.16. The lowest BCUT2D eigenvalue weighted by atomic mass is 10.2. The number of para-hydroxylation sites is 1. The van der Waals surface area contributed by atoms with Crippen LogP contribution in [-0.2, 0) is 12.3 Å². The molecule has 130 valence electrons. The fourth-order valence-corrected chi connectivity index (χ4v) is 3.75. The van der Waals surface area contributed by atoms with Gasteiger partial charge in [0.1, 0.15) is 0 Å². The summed E-state index contributed by atoms with van der Waals surface area (Å²) in [5, 5.41) is 11.9. The first-order valence-corrected chi connectivity index (χ1v) is 9.37. The predicted molar refractivity (Wildman–Crippen MR) is 99.2 cm³/mol. The molecule has 6 nitrogen and oxygen atoms in total. The van der Waals surface area contributed by atoms with Crippen LogP contribution in [0.2, 0.25) is 0 Å². The predicted octanol–water partition coefficient (Wildman–Crippen LogP) is 3.22. The summed E-state index contributed by atoms with van der Waals surface area (Å²) >= 11 is 1.53. The van der Waals surface area contributed by atoms with E-state index in [1.165, 1.54) is 11.8 Å². The summed E-state index contributed by atoms with van der Waals surface area (Å²) < 4.78 is 3.87. The Morgan fingerprint density at radius 1 is 1.20 bits per heavy atom. The van der Waals surface area contributed by atoms with E-state index in [0.29, 0.717) is 11.5 Å². The Hall–Kier alpha value is -2.41. The Balaban J connectivity index is 1.65. The van der Waals surface area contributed by atoms with Crippen LogP contribution < -0.4 is 0 Å². The molecule has 0 radical (unpaired) electrons. The van der Waals surface area contributed by atoms with E-state index in [0.717, 1.165) is 35.0 Å². The molecule has 0 saturated carbocycles. The number of hydrogen-bond acceptors (Lipinski definition) is 5. The maximum atomic E-state index is 12.5. The molecule has 0 bridgehead atoms. The lowest BCUT2D eigenvalue weighted by Crippen LogP contribution is -2.07. The Kier molecular flexibility index (Phi) is 5.33. The Bertz CT molecular complexity index is 869. The second kappa shape index (κ2) is 7.65. The lowest BCUT2D eigenvalue weighted by Gasteiger charge is -2.06. The fourth-order valence-electron chi connectivity index (χ4n) is 2.95. The van der Waals surface area contributed by atoms with Crippen LogP contribution in [0.5, 0.6) is 0 Å². The van der Waals surface area contributed by atoms with Crippen molar-refractivity contribution >= 4 is 17.5 Å². The molecule has 3 rings (SSSR count). The normalized spacial score (nSPS) is 11.0. The minimum absolute atomic E-state index is 0.150. The monoisotopic (exact) mass is 355 g/mol. The Morgan fingerprint density at radius 3 is 2.64 bits per heavy atom. The van der Waals surface area contributed by atoms with Crippen molar-refractivity contribution in [2.24, 2.45) is 0 Å². The van der Waals surface area contributed by atoms with Crippen molar-refractivity contribution in [3.05, 3.63) is 59.2 Å². The molecule has 25 heavy (non-hydrogen) atoms. The molecular weight excluding hydrogens is 334 g/mol. The minimum atomic E-state index is 0.150. The van der Waals surface area contributed by atoms with Gasteiger partial charge in [-0.1, -0.05) is 18.2 Å². The number of aryl methyl sites for hydroxylation is 1. The van der Waals surface area contributed by atoms with Gasteiger partial charge in [-0.05, 0) is 49.4 Å². The van der Waals surface area contributed by atoms with E-state index in [4.69, 9.17) is 0 Å². The Morgan fingerprint density at radius 2 is 1.96 bits per heavy atom. The maximum absolute atomic E-state index is 12.5. The van der Waals surface area contributed by atoms with Gasteiger partial charge in [-0.25, -0.2) is 0 Å². The number of aromatic nitrogens is 5. The van der Waals surface area contributed by atoms with Gasteiger partial charge in [-0.15, -0.1) is 16.9 Å². The third-order valence-corrected chi connectivity index (χ3v) is 5.12. The van der Waals surface area contributed by atoms with Crippen LogP contribution in [0.1, 0.15) is 34.5 Å². The summed E-state index contributed by atoms with van der Waals surface area (Å²) in [7, 11) is 0. The standard InChI is InChI=1S/C18H21N5OS/c1-4-22-13(2)10-16(14(22)3)17(24)11-25-12-18-19-20-21-23(18)15-8-6-5-7-9-15/h5-10H,4,11-12H2,1-3H3. The number of carbonyl (C=O) groups excluding carboxylic acids is 1. The number of benzene rings is 1. The van der Waals surface area contributed by atoms with Gasteiger partial charge in [0.2, 0.25) is 0 Å². The summed E-state index contributed by atoms with van der Waals surface area (Å²) in [5.41, 5.74) is 3.90. The van der Waals surface area contributed by atoms with Crippen molar-refractivity contribution < 1.29 is 4.79 Å². The summed E-state index contributed by atoms with van der Waals surface area (Å²) in [6, 6.07) is 11.7. The molecule has 0 aliphatic rings. The number of hydrogen-bond donors (Lipinski definition) is 0. The Labute approximate surface area is 151 Å². The van der Waals surface area contributed by atoms with Gasteiger partial charge in [0.25, 0.3) is 0 Å². The van der Waals surface area contributed by atoms with E-state index in [2.05, 4.69) is 27.0 Å². The summed E-state index contributed by atoms with van der Waals surface area (Å²) in [6.07, 6.45) is 0. The van der Waals surface area contributed by atoms with Gasteiger partial charge in [0.15, 0.2) is 11.6 Å². The smallest absolute Gasteiger partial charge is 0.174 e. The number of rotatable bonds is 7. The summed E-state index contributed by atoms with van der Waals surface area (Å²) in [4.78, 5) is 12.5. The van der Waals surface area contributed by atoms with E-state index < -0.39 is 0 Å². The lowest BCUT2D eigenvalue weighted by molar-refractivity contribution is 0.102. The molecule has 0 N–H and O–H groups in total. The molecule has 2 heterocycles. The molecule has 0 unspecified atom stereocenters. The van der Waals surface area contributed by atoms with Crippen LogP contribution in [0, 0.1) is 13.8 Å². The topological polar surface area (TPSA) is 65.6 Å². The summed E-state index contributed by atoms with van der Waals surface area (Å²) in [5.74, 6) is 1.88. The second-order valence-electron chi connectivity index (χ2n) is 5.79. The molecule has 0 aliphatic carbocycles. The SMILES string of the molecule is CCn1c(C)cc(C(=O)CSCc2nnnn2-c2ccccc2)c1C. The van der Waals surface area contributed by atoms with Gasteiger partial charge in [-0.2, -0.15) is 4.68 Å². The van der Waals surface area contributed by atoms with Gasteiger partial charge in [0.05, 0.1) is 17.2 Å². The van der Waals surface area contributed by atoms with Crippen molar-refractivity contribution in [3.8, 4) is 5.69 Å². The van der Waals surface area contributed by atoms with E-state index in [9.17, 15) is 4.79 Å². The van der Waals surface area contributed by atoms with E-state index in [1.54, 1.807) is 4.68 Å². The maximum Gasteiger partial charge on any atom is 0.174 e. The van der Waals surface area contributed by atoms with Crippen LogP contribution in [0.4, 0.5) is 0 Å². The molecule has 7 heteroatoms. The molecule has 1 aromatic carbocycles. The van der Waals surface area contributed by atoms with Crippen molar-refractivity contribution in [1.82, 2.24) is 24.8 Å². The molecule has 0 amide bonds. The molecule has 0 atom stereocenters. The number of ketones is 1. The zero-order valence-electron chi connectivity index (χ0n) is 14.6. The number of nitrogens with zero attached hydrogens (tertiary/aromatic N) is 5. The molecule has 0 spiro atoms. The van der Waals surface area contributed by atoms with Gasteiger partial charge in [0, 0.05) is 23.5 Å². The molecule has 2 aromatic heterocycles. The summed E-state index contributed by atoms with van der Waals surface area (Å²) in [6.45, 7) is 7.01. The molecular formula is C18H21N5OS. The zero-order chi connectivity index (χ0) is 17.8. The average molecular weight is 355 g/mol. The quantitative estimate of drug-likeness (QED) is 0.609. The molecule has 0 aliphatic heterocycles. The van der Waals surface area contributed by atoms with Crippen molar-refractivity contribution in [1.29, 1.82) is 0 Å². The second-order valence-corrected chi connectivity index (χ2v) is 6.77. The van der Waals surface area contributed by atoms with E-state index in [1.807, 2.05) is 50.2 Å². The van der Waals surface area contributed by atoms with Gasteiger partial charge < -0.3 is 4.57 Å². The first-order valence-electron chi connectivity index (χ1n) is 8.22. The van der Waals surface area contributed by atoms with Crippen LogP contribution >= 0.6 is 11.8 Å². The number of Topliss-reactive ketones (excluding diaryl/α,β-unsaturated/α-hetero) is 1. The third kappa shape index (κ3) is 3.66. The first-order chi connectivity index (χ1) is 12.1. The molecule has 0 fully saturated rings. The van der Waals surface area contributed by atoms with Gasteiger partial charge in [-0.3, -0.25) is 4.79 Å². The average Bonchev–Trinajstić information content (AvgIpc) is 3.20. The highest BCUT2D eigenvalue weighted by atomic mass is 32.2. The highest BCUT2D eigenvalue weighted by molar-refractivity contribution is 7.99. The van der Waals surface area contributed by atoms with E-state index in [-0.39, 0.29) is 5.78 Å². The third-order valence-electron chi connectivity index (χ3n) is 4.19. The van der Waals surface area contributed by atoms with Crippen LogP contribution in [0.3, 0.4) is 0 Å². The van der Waals surface area contributed by atoms with Crippen LogP contribution in [0.15, 0.2) is 36.4 Å². The minimum Gasteiger partial charge on any atom is -0.349 e. The molecule has 3 aromatic rings. The number of carbonyl (C=O) groups is 1.